The summed E-state index contributed by atoms with van der Waals surface area (Å²) < 4.78 is 28.4. The highest BCUT2D eigenvalue weighted by atomic mass is 32.2. The summed E-state index contributed by atoms with van der Waals surface area (Å²) >= 11 is 1.36. The molecule has 112 valence electrons. The lowest BCUT2D eigenvalue weighted by atomic mass is 10.1. The fraction of sp³-hybridized carbons (Fsp3) is 0.583. The molecule has 0 aliphatic heterocycles. The van der Waals surface area contributed by atoms with Gasteiger partial charge in [-0.2, -0.15) is 4.31 Å². The molecule has 2 heterocycles. The number of nitrogens with zero attached hydrogens (tertiary/aromatic N) is 3. The Morgan fingerprint density at radius 1 is 1.45 bits per heavy atom. The minimum Gasteiger partial charge on any atom is -0.381 e. The summed E-state index contributed by atoms with van der Waals surface area (Å²) in [6, 6.07) is -0.0939. The number of hydrogen-bond acceptors (Lipinski definition) is 5. The van der Waals surface area contributed by atoms with Crippen LogP contribution < -0.4 is 5.73 Å². The lowest BCUT2D eigenvalue weighted by Gasteiger charge is -2.25. The van der Waals surface area contributed by atoms with E-state index in [9.17, 15) is 8.42 Å². The van der Waals surface area contributed by atoms with Gasteiger partial charge in [-0.1, -0.05) is 13.8 Å². The highest BCUT2D eigenvalue weighted by molar-refractivity contribution is 7.89. The van der Waals surface area contributed by atoms with Gasteiger partial charge >= 0.3 is 0 Å². The zero-order valence-electron chi connectivity index (χ0n) is 12.1. The molecule has 0 bridgehead atoms. The van der Waals surface area contributed by atoms with Crippen molar-refractivity contribution in [3.05, 3.63) is 11.6 Å². The van der Waals surface area contributed by atoms with Gasteiger partial charge in [0.05, 0.1) is 0 Å². The monoisotopic (exact) mass is 316 g/mol. The zero-order chi connectivity index (χ0) is 15.1. The molecule has 0 aliphatic rings. The molecule has 0 aliphatic carbocycles. The van der Waals surface area contributed by atoms with E-state index in [1.165, 1.54) is 20.0 Å². The predicted octanol–water partition coefficient (Wildman–Crippen LogP) is 2.03. The fourth-order valence-electron chi connectivity index (χ4n) is 2.24. The minimum absolute atomic E-state index is 0.0560. The van der Waals surface area contributed by atoms with Gasteiger partial charge < -0.3 is 5.73 Å². The van der Waals surface area contributed by atoms with Crippen LogP contribution in [-0.2, 0) is 10.0 Å². The van der Waals surface area contributed by atoms with Crippen molar-refractivity contribution in [3.8, 4) is 0 Å². The third-order valence-electron chi connectivity index (χ3n) is 3.30. The van der Waals surface area contributed by atoms with Gasteiger partial charge in [0, 0.05) is 24.7 Å². The van der Waals surface area contributed by atoms with Gasteiger partial charge in [-0.15, -0.1) is 11.3 Å². The van der Waals surface area contributed by atoms with Gasteiger partial charge in [0.1, 0.15) is 0 Å². The number of hydrogen-bond donors (Lipinski definition) is 1. The van der Waals surface area contributed by atoms with Crippen molar-refractivity contribution in [2.24, 2.45) is 5.92 Å². The third kappa shape index (κ3) is 2.55. The van der Waals surface area contributed by atoms with Crippen LogP contribution in [0.5, 0.6) is 0 Å². The van der Waals surface area contributed by atoms with Crippen LogP contribution in [0, 0.1) is 5.92 Å². The Balaban J connectivity index is 2.44. The highest BCUT2D eigenvalue weighted by Crippen LogP contribution is 2.27. The Morgan fingerprint density at radius 2 is 2.10 bits per heavy atom. The number of rotatable bonds is 5. The van der Waals surface area contributed by atoms with Crippen LogP contribution in [0.1, 0.15) is 27.2 Å². The smallest absolute Gasteiger partial charge is 0.262 e. The summed E-state index contributed by atoms with van der Waals surface area (Å²) in [6.07, 6.45) is 2.47. The Kier molecular flexibility index (Phi) is 4.08. The van der Waals surface area contributed by atoms with Crippen LogP contribution in [0.3, 0.4) is 0 Å². The number of nitrogen functional groups attached to an aromatic ring is 1. The molecule has 2 aromatic rings. The molecule has 0 saturated carbocycles. The highest BCUT2D eigenvalue weighted by Gasteiger charge is 2.31. The number of sulfonamides is 1. The van der Waals surface area contributed by atoms with E-state index < -0.39 is 10.0 Å². The normalized spacial score (nSPS) is 14.5. The Labute approximate surface area is 123 Å². The first-order chi connectivity index (χ1) is 9.25. The summed E-state index contributed by atoms with van der Waals surface area (Å²) in [6.45, 7) is 6.04. The molecule has 2 rings (SSSR count). The van der Waals surface area contributed by atoms with Gasteiger partial charge in [-0.3, -0.25) is 4.40 Å². The second kappa shape index (κ2) is 5.34. The van der Waals surface area contributed by atoms with Crippen LogP contribution in [0.25, 0.3) is 4.96 Å². The number of thiazole rings is 1. The van der Waals surface area contributed by atoms with Crippen molar-refractivity contribution in [3.63, 3.8) is 0 Å². The molecular formula is C12H20N4O2S2. The van der Waals surface area contributed by atoms with E-state index in [-0.39, 0.29) is 16.9 Å². The average Bonchev–Trinajstić information content (AvgIpc) is 2.85. The van der Waals surface area contributed by atoms with Gasteiger partial charge in [-0.05, 0) is 19.3 Å². The Bertz CT molecular complexity index is 702. The van der Waals surface area contributed by atoms with E-state index in [0.717, 1.165) is 6.42 Å². The predicted molar refractivity (Wildman–Crippen MR) is 81.3 cm³/mol. The molecule has 1 atom stereocenters. The lowest BCUT2D eigenvalue weighted by Crippen LogP contribution is -2.36. The molecule has 0 amide bonds. The molecule has 0 fully saturated rings. The van der Waals surface area contributed by atoms with E-state index in [2.05, 4.69) is 18.8 Å². The molecule has 8 heteroatoms. The maximum absolute atomic E-state index is 12.7. The molecule has 0 aromatic carbocycles. The van der Waals surface area contributed by atoms with Gasteiger partial charge in [0.25, 0.3) is 10.0 Å². The molecule has 1 unspecified atom stereocenters. The third-order valence-corrected chi connectivity index (χ3v) is 6.07. The number of nitrogens with two attached hydrogens (primary N) is 1. The van der Waals surface area contributed by atoms with E-state index >= 15 is 0 Å². The quantitative estimate of drug-likeness (QED) is 0.915. The zero-order valence-corrected chi connectivity index (χ0v) is 13.7. The summed E-state index contributed by atoms with van der Waals surface area (Å²) in [7, 11) is -2.06. The second-order valence-electron chi connectivity index (χ2n) is 5.36. The number of fused-ring (bicyclic) bond motifs is 1. The van der Waals surface area contributed by atoms with Crippen molar-refractivity contribution in [1.29, 1.82) is 0 Å². The number of anilines is 1. The fourth-order valence-corrected chi connectivity index (χ4v) is 4.56. The molecule has 6 nitrogen and oxygen atoms in total. The van der Waals surface area contributed by atoms with Gasteiger partial charge in [-0.25, -0.2) is 13.4 Å². The molecule has 2 N–H and O–H groups in total. The standard InChI is InChI=1S/C12H20N4O2S2/c1-8(2)7-9(3)15(4)20(17,18)11-10(13)14-12-16(11)5-6-19-12/h5-6,8-9H,7,13H2,1-4H3. The van der Waals surface area contributed by atoms with Gasteiger partial charge in [0.15, 0.2) is 15.8 Å². The molecular weight excluding hydrogens is 296 g/mol. The van der Waals surface area contributed by atoms with Gasteiger partial charge in [0.2, 0.25) is 0 Å². The molecule has 2 aromatic heterocycles. The van der Waals surface area contributed by atoms with E-state index in [1.54, 1.807) is 18.6 Å². The summed E-state index contributed by atoms with van der Waals surface area (Å²) in [5, 5.41) is 1.85. The molecule has 0 spiro atoms. The number of imidazole rings is 1. The van der Waals surface area contributed by atoms with Crippen LogP contribution in [0.15, 0.2) is 16.6 Å². The summed E-state index contributed by atoms with van der Waals surface area (Å²) in [5.41, 5.74) is 5.79. The molecule has 0 radical (unpaired) electrons. The second-order valence-corrected chi connectivity index (χ2v) is 8.14. The maximum atomic E-state index is 12.7. The van der Waals surface area contributed by atoms with Crippen molar-refractivity contribution in [2.75, 3.05) is 12.8 Å². The minimum atomic E-state index is -3.65. The SMILES string of the molecule is CC(C)CC(C)N(C)S(=O)(=O)c1c(N)nc2sccn12. The first kappa shape index (κ1) is 15.3. The van der Waals surface area contributed by atoms with Crippen LogP contribution in [-0.4, -0.2) is 35.2 Å². The Hall–Kier alpha value is -1.12. The van der Waals surface area contributed by atoms with Crippen molar-refractivity contribution >= 4 is 32.1 Å². The largest absolute Gasteiger partial charge is 0.381 e. The van der Waals surface area contributed by atoms with Crippen molar-refractivity contribution in [2.45, 2.75) is 38.3 Å². The topological polar surface area (TPSA) is 80.7 Å². The molecule has 20 heavy (non-hydrogen) atoms. The van der Waals surface area contributed by atoms with Crippen molar-refractivity contribution in [1.82, 2.24) is 13.7 Å². The van der Waals surface area contributed by atoms with E-state index in [1.807, 2.05) is 6.92 Å². The van der Waals surface area contributed by atoms with E-state index in [0.29, 0.717) is 10.9 Å². The first-order valence-corrected chi connectivity index (χ1v) is 8.76. The number of aromatic nitrogens is 2. The van der Waals surface area contributed by atoms with E-state index in [4.69, 9.17) is 5.73 Å². The van der Waals surface area contributed by atoms with Crippen molar-refractivity contribution < 1.29 is 8.42 Å². The summed E-state index contributed by atoms with van der Waals surface area (Å²) in [4.78, 5) is 4.68. The molecule has 0 saturated heterocycles. The maximum Gasteiger partial charge on any atom is 0.262 e. The summed E-state index contributed by atoms with van der Waals surface area (Å²) in [5.74, 6) is 0.479. The van der Waals surface area contributed by atoms with Crippen LogP contribution in [0.2, 0.25) is 0 Å². The lowest BCUT2D eigenvalue weighted by molar-refractivity contribution is 0.337. The average molecular weight is 316 g/mol. The van der Waals surface area contributed by atoms with Crippen LogP contribution in [0.4, 0.5) is 5.82 Å². The first-order valence-electron chi connectivity index (χ1n) is 6.44. The van der Waals surface area contributed by atoms with Crippen LogP contribution >= 0.6 is 11.3 Å². The Morgan fingerprint density at radius 3 is 2.70 bits per heavy atom.